The Morgan fingerprint density at radius 1 is 1.22 bits per heavy atom. The van der Waals surface area contributed by atoms with Crippen LogP contribution in [0.15, 0.2) is 53.8 Å². The molecule has 0 saturated carbocycles. The van der Waals surface area contributed by atoms with E-state index in [1.807, 2.05) is 0 Å². The fraction of sp³-hybridized carbons (Fsp3) is 0.167. The summed E-state index contributed by atoms with van der Waals surface area (Å²) in [6.07, 6.45) is 1.56. The van der Waals surface area contributed by atoms with Crippen molar-refractivity contribution in [2.24, 2.45) is 0 Å². The number of fused-ring (bicyclic) bond motifs is 1. The van der Waals surface area contributed by atoms with Gasteiger partial charge >= 0.3 is 0 Å². The maximum atomic E-state index is 13.0. The highest BCUT2D eigenvalue weighted by molar-refractivity contribution is 7.91. The van der Waals surface area contributed by atoms with Gasteiger partial charge in [-0.1, -0.05) is 18.2 Å². The van der Waals surface area contributed by atoms with Crippen molar-refractivity contribution in [1.29, 1.82) is 0 Å². The Balaban J connectivity index is 1.85. The number of pyridine rings is 1. The summed E-state index contributed by atoms with van der Waals surface area (Å²) in [4.78, 5) is 21.3. The highest BCUT2D eigenvalue weighted by Gasteiger charge is 2.35. The topological polar surface area (TPSA) is 103 Å². The third kappa shape index (κ3) is 3.06. The molecule has 138 valence electrons. The molecule has 8 nitrogen and oxygen atoms in total. The number of benzene rings is 1. The Morgan fingerprint density at radius 3 is 2.81 bits per heavy atom. The number of nitrogens with zero attached hydrogens (tertiary/aromatic N) is 3. The summed E-state index contributed by atoms with van der Waals surface area (Å²) in [7, 11) is -1.98. The third-order valence-corrected chi connectivity index (χ3v) is 5.85. The van der Waals surface area contributed by atoms with Crippen molar-refractivity contribution in [3.8, 4) is 17.0 Å². The number of amides is 1. The molecule has 0 atom stereocenters. The molecule has 0 unspecified atom stereocenters. The van der Waals surface area contributed by atoms with Crippen LogP contribution in [0.25, 0.3) is 11.3 Å². The van der Waals surface area contributed by atoms with Crippen molar-refractivity contribution in [3.05, 3.63) is 54.4 Å². The van der Waals surface area contributed by atoms with Crippen molar-refractivity contribution in [3.63, 3.8) is 0 Å². The van der Waals surface area contributed by atoms with E-state index in [2.05, 4.69) is 15.3 Å². The Morgan fingerprint density at radius 2 is 2.07 bits per heavy atom. The van der Waals surface area contributed by atoms with Gasteiger partial charge in [-0.25, -0.2) is 18.4 Å². The zero-order chi connectivity index (χ0) is 19.0. The average Bonchev–Trinajstić information content (AvgIpc) is 3.20. The Hall–Kier alpha value is -3.20. The molecule has 0 bridgehead atoms. The van der Waals surface area contributed by atoms with Crippen LogP contribution in [0.5, 0.6) is 5.75 Å². The molecule has 9 heteroatoms. The molecule has 4 rings (SSSR count). The number of ether oxygens (including phenoxy) is 1. The molecule has 1 aliphatic heterocycles. The molecule has 0 spiro atoms. The fourth-order valence-electron chi connectivity index (χ4n) is 2.99. The normalized spacial score (nSPS) is 14.6. The first kappa shape index (κ1) is 17.2. The lowest BCUT2D eigenvalue weighted by Crippen LogP contribution is -2.18. The maximum absolute atomic E-state index is 13.0. The smallest absolute Gasteiger partial charge is 0.275 e. The number of anilines is 1. The zero-order valence-corrected chi connectivity index (χ0v) is 15.2. The van der Waals surface area contributed by atoms with Crippen molar-refractivity contribution in [2.45, 2.75) is 11.7 Å². The van der Waals surface area contributed by atoms with Gasteiger partial charge in [0.15, 0.2) is 0 Å². The molecule has 0 fully saturated rings. The lowest BCUT2D eigenvalue weighted by molar-refractivity contribution is 0.101. The van der Waals surface area contributed by atoms with Crippen molar-refractivity contribution in [2.75, 3.05) is 18.2 Å². The van der Waals surface area contributed by atoms with Gasteiger partial charge in [-0.3, -0.25) is 4.79 Å². The van der Waals surface area contributed by atoms with E-state index >= 15 is 0 Å². The minimum absolute atomic E-state index is 0.0718. The molecule has 27 heavy (non-hydrogen) atoms. The van der Waals surface area contributed by atoms with Crippen LogP contribution in [-0.2, 0) is 16.4 Å². The van der Waals surface area contributed by atoms with E-state index < -0.39 is 15.7 Å². The first-order valence-corrected chi connectivity index (χ1v) is 9.85. The minimum Gasteiger partial charge on any atom is -0.497 e. The monoisotopic (exact) mass is 384 g/mol. The minimum atomic E-state index is -3.51. The van der Waals surface area contributed by atoms with Crippen LogP contribution < -0.4 is 10.1 Å². The highest BCUT2D eigenvalue weighted by Crippen LogP contribution is 2.32. The average molecular weight is 384 g/mol. The van der Waals surface area contributed by atoms with Crippen LogP contribution in [0.1, 0.15) is 10.5 Å². The lowest BCUT2D eigenvalue weighted by atomic mass is 10.1. The van der Waals surface area contributed by atoms with Crippen molar-refractivity contribution >= 4 is 21.6 Å². The van der Waals surface area contributed by atoms with Crippen LogP contribution in [-0.4, -0.2) is 41.7 Å². The van der Waals surface area contributed by atoms with Gasteiger partial charge < -0.3 is 14.6 Å². The highest BCUT2D eigenvalue weighted by atomic mass is 32.2. The summed E-state index contributed by atoms with van der Waals surface area (Å²) in [5, 5.41) is 2.61. The zero-order valence-electron chi connectivity index (χ0n) is 14.4. The molecular formula is C18H16N4O4S. The first-order chi connectivity index (χ1) is 13.0. The van der Waals surface area contributed by atoms with E-state index in [1.165, 1.54) is 11.7 Å². The maximum Gasteiger partial charge on any atom is 0.275 e. The number of aromatic nitrogens is 3. The van der Waals surface area contributed by atoms with E-state index in [9.17, 15) is 13.2 Å². The number of carbonyl (C=O) groups is 1. The number of sulfone groups is 1. The van der Waals surface area contributed by atoms with Gasteiger partial charge in [0.05, 0.1) is 12.9 Å². The second kappa shape index (κ2) is 6.51. The van der Waals surface area contributed by atoms with Gasteiger partial charge in [0.1, 0.15) is 23.0 Å². The molecule has 1 aliphatic rings. The van der Waals surface area contributed by atoms with Gasteiger partial charge in [0.25, 0.3) is 5.91 Å². The predicted octanol–water partition coefficient (Wildman–Crippen LogP) is 1.99. The summed E-state index contributed by atoms with van der Waals surface area (Å²) in [6, 6.07) is 12.1. The van der Waals surface area contributed by atoms with E-state index in [0.29, 0.717) is 22.8 Å². The number of hydrogen-bond donors (Lipinski definition) is 1. The third-order valence-electron chi connectivity index (χ3n) is 4.26. The summed E-state index contributed by atoms with van der Waals surface area (Å²) >= 11 is 0. The number of imidazole rings is 1. The van der Waals surface area contributed by atoms with Gasteiger partial charge in [0, 0.05) is 18.3 Å². The van der Waals surface area contributed by atoms with Gasteiger partial charge in [-0.05, 0) is 24.3 Å². The fourth-order valence-corrected chi connectivity index (χ4v) is 4.35. The predicted molar refractivity (Wildman–Crippen MR) is 98.5 cm³/mol. The Labute approximate surface area is 155 Å². The molecule has 1 N–H and O–H groups in total. The van der Waals surface area contributed by atoms with Gasteiger partial charge in [-0.15, -0.1) is 0 Å². The first-order valence-electron chi connectivity index (χ1n) is 8.20. The lowest BCUT2D eigenvalue weighted by Gasteiger charge is -2.09. The number of carbonyl (C=O) groups excluding carboxylic acids is 1. The molecule has 0 aliphatic carbocycles. The van der Waals surface area contributed by atoms with Crippen LogP contribution in [0, 0.1) is 0 Å². The Kier molecular flexibility index (Phi) is 4.15. The molecule has 1 amide bonds. The number of nitrogens with one attached hydrogen (secondary N) is 1. The standard InChI is InChI=1S/C18H16N4O4S/c1-26-13-6-4-5-12(11-13)15-16(17(23)20-14-7-2-3-8-19-14)22-9-10-27(24,25)18(22)21-15/h2-8,11H,9-10H2,1H3,(H,19,20,23). The number of methoxy groups -OCH3 is 1. The second-order valence-electron chi connectivity index (χ2n) is 5.96. The summed E-state index contributed by atoms with van der Waals surface area (Å²) < 4.78 is 31.3. The summed E-state index contributed by atoms with van der Waals surface area (Å²) in [5.41, 5.74) is 1.07. The van der Waals surface area contributed by atoms with Crippen LogP contribution in [0.4, 0.5) is 5.82 Å². The van der Waals surface area contributed by atoms with E-state index in [-0.39, 0.29) is 23.1 Å². The SMILES string of the molecule is COc1cccc(-c2nc3n(c2C(=O)Nc2ccccn2)CCS3(=O)=O)c1. The largest absolute Gasteiger partial charge is 0.497 e. The van der Waals surface area contributed by atoms with Crippen LogP contribution in [0.2, 0.25) is 0 Å². The molecule has 0 radical (unpaired) electrons. The van der Waals surface area contributed by atoms with Crippen molar-refractivity contribution in [1.82, 2.24) is 14.5 Å². The molecular weight excluding hydrogens is 368 g/mol. The summed E-state index contributed by atoms with van der Waals surface area (Å²) in [6.45, 7) is 0.180. The molecule has 3 heterocycles. The second-order valence-corrected chi connectivity index (χ2v) is 7.97. The number of rotatable bonds is 4. The van der Waals surface area contributed by atoms with Crippen LogP contribution in [0.3, 0.4) is 0 Å². The molecule has 1 aromatic carbocycles. The molecule has 0 saturated heterocycles. The van der Waals surface area contributed by atoms with Gasteiger partial charge in [-0.2, -0.15) is 0 Å². The quantitative estimate of drug-likeness (QED) is 0.738. The summed E-state index contributed by atoms with van der Waals surface area (Å²) in [5.74, 6) is 0.412. The molecule has 3 aromatic rings. The molecule has 2 aromatic heterocycles. The van der Waals surface area contributed by atoms with E-state index in [1.54, 1.807) is 48.7 Å². The van der Waals surface area contributed by atoms with Crippen LogP contribution >= 0.6 is 0 Å². The number of hydrogen-bond acceptors (Lipinski definition) is 6. The van der Waals surface area contributed by atoms with E-state index in [4.69, 9.17) is 4.74 Å². The van der Waals surface area contributed by atoms with Gasteiger partial charge in [0.2, 0.25) is 15.0 Å². The van der Waals surface area contributed by atoms with Crippen molar-refractivity contribution < 1.29 is 17.9 Å². The van der Waals surface area contributed by atoms with E-state index in [0.717, 1.165) is 0 Å². The Bertz CT molecular complexity index is 1120.